The number of hydrogen-bond acceptors (Lipinski definition) is 8. The van der Waals surface area contributed by atoms with Gasteiger partial charge < -0.3 is 19.6 Å². The largest absolute Gasteiger partial charge is 0.573 e. The highest BCUT2D eigenvalue weighted by Crippen LogP contribution is 2.24. The summed E-state index contributed by atoms with van der Waals surface area (Å²) in [4.78, 5) is 27.9. The number of benzene rings is 1. The van der Waals surface area contributed by atoms with Crippen LogP contribution in [-0.2, 0) is 11.3 Å². The van der Waals surface area contributed by atoms with Gasteiger partial charge in [0.15, 0.2) is 0 Å². The van der Waals surface area contributed by atoms with Crippen LogP contribution in [0.15, 0.2) is 30.5 Å². The second kappa shape index (κ2) is 8.86. The molecular formula is C16H17F3N6O5. The van der Waals surface area contributed by atoms with Crippen LogP contribution in [0.5, 0.6) is 11.8 Å². The number of amides is 1. The molecule has 0 aliphatic carbocycles. The van der Waals surface area contributed by atoms with E-state index >= 15 is 0 Å². The second-order valence-corrected chi connectivity index (χ2v) is 6.21. The molecule has 0 spiro atoms. The molecule has 0 saturated heterocycles. The number of hydrogen-bond donors (Lipinski definition) is 2. The molecule has 1 aromatic carbocycles. The van der Waals surface area contributed by atoms with E-state index in [1.165, 1.54) is 22.9 Å². The smallest absolute Gasteiger partial charge is 0.444 e. The van der Waals surface area contributed by atoms with Crippen LogP contribution in [0.4, 0.5) is 24.7 Å². The van der Waals surface area contributed by atoms with Crippen LogP contribution in [0.3, 0.4) is 0 Å². The molecular weight excluding hydrogens is 413 g/mol. The van der Waals surface area contributed by atoms with Crippen molar-refractivity contribution in [2.45, 2.75) is 12.9 Å². The van der Waals surface area contributed by atoms with Gasteiger partial charge >= 0.3 is 18.2 Å². The fourth-order valence-electron chi connectivity index (χ4n) is 2.69. The first kappa shape index (κ1) is 21.2. The molecule has 2 N–H and O–H groups in total. The zero-order chi connectivity index (χ0) is 21.7. The summed E-state index contributed by atoms with van der Waals surface area (Å²) in [5.41, 5.74) is 5.12. The van der Waals surface area contributed by atoms with E-state index < -0.39 is 22.9 Å². The molecule has 1 aliphatic heterocycles. The number of aromatic nitrogens is 2. The molecule has 0 saturated carbocycles. The minimum atomic E-state index is -4.81. The average molecular weight is 430 g/mol. The number of imidazole rings is 1. The summed E-state index contributed by atoms with van der Waals surface area (Å²) in [6.07, 6.45) is -3.55. The van der Waals surface area contributed by atoms with E-state index in [2.05, 4.69) is 20.6 Å². The van der Waals surface area contributed by atoms with Crippen LogP contribution in [0.2, 0.25) is 0 Å². The maximum atomic E-state index is 12.3. The quantitative estimate of drug-likeness (QED) is 0.522. The van der Waals surface area contributed by atoms with Crippen LogP contribution in [0.25, 0.3) is 0 Å². The molecule has 3 rings (SSSR count). The van der Waals surface area contributed by atoms with Crippen LogP contribution in [0, 0.1) is 10.1 Å². The van der Waals surface area contributed by atoms with Crippen molar-refractivity contribution in [2.75, 3.05) is 31.7 Å². The van der Waals surface area contributed by atoms with E-state index in [4.69, 9.17) is 4.74 Å². The Kier molecular flexibility index (Phi) is 6.25. The number of alkyl halides is 3. The van der Waals surface area contributed by atoms with Crippen LogP contribution < -0.4 is 20.3 Å². The lowest BCUT2D eigenvalue weighted by molar-refractivity contribution is -0.389. The van der Waals surface area contributed by atoms with Gasteiger partial charge in [-0.05, 0) is 17.1 Å². The molecule has 30 heavy (non-hydrogen) atoms. The van der Waals surface area contributed by atoms with E-state index in [1.54, 1.807) is 4.90 Å². The number of carbonyl (C=O) groups is 1. The minimum absolute atomic E-state index is 0.0266. The molecule has 11 nitrogen and oxygen atoms in total. The fraction of sp³-hybridized carbons (Fsp3) is 0.375. The summed E-state index contributed by atoms with van der Waals surface area (Å²) < 4.78 is 47.5. The lowest BCUT2D eigenvalue weighted by Crippen LogP contribution is -2.43. The van der Waals surface area contributed by atoms with Gasteiger partial charge in [-0.15, -0.1) is 13.2 Å². The molecule has 0 atom stereocenters. The van der Waals surface area contributed by atoms with E-state index in [1.807, 2.05) is 0 Å². The molecule has 1 aliphatic rings. The number of fused-ring (bicyclic) bond motifs is 1. The average Bonchev–Trinajstić information content (AvgIpc) is 3.04. The summed E-state index contributed by atoms with van der Waals surface area (Å²) in [6.45, 7) is 1.26. The third-order valence-electron chi connectivity index (χ3n) is 3.99. The van der Waals surface area contributed by atoms with E-state index in [0.717, 1.165) is 12.1 Å². The molecule has 0 unspecified atom stereocenters. The molecule has 0 fully saturated rings. The zero-order valence-corrected chi connectivity index (χ0v) is 15.4. The molecule has 0 radical (unpaired) electrons. The molecule has 1 amide bonds. The number of rotatable bonds is 6. The first-order valence-corrected chi connectivity index (χ1v) is 8.67. The lowest BCUT2D eigenvalue weighted by Gasteiger charge is -2.23. The Hall–Kier alpha value is -3.55. The third kappa shape index (κ3) is 5.97. The molecule has 162 valence electrons. The number of nitro groups is 1. The van der Waals surface area contributed by atoms with Crippen molar-refractivity contribution in [1.29, 1.82) is 0 Å². The second-order valence-electron chi connectivity index (χ2n) is 6.21. The van der Waals surface area contributed by atoms with Gasteiger partial charge in [0.05, 0.1) is 12.2 Å². The Balaban J connectivity index is 1.50. The lowest BCUT2D eigenvalue weighted by atomic mass is 10.3. The zero-order valence-electron chi connectivity index (χ0n) is 15.4. The summed E-state index contributed by atoms with van der Waals surface area (Å²) >= 11 is 0. The van der Waals surface area contributed by atoms with Gasteiger partial charge in [0, 0.05) is 30.7 Å². The van der Waals surface area contributed by atoms with Crippen LogP contribution >= 0.6 is 0 Å². The van der Waals surface area contributed by atoms with E-state index in [9.17, 15) is 28.1 Å². The summed E-state index contributed by atoms with van der Waals surface area (Å²) in [7, 11) is 0. The highest BCUT2D eigenvalue weighted by atomic mass is 19.4. The van der Waals surface area contributed by atoms with Gasteiger partial charge in [-0.1, -0.05) is 6.07 Å². The molecule has 2 aromatic rings. The first-order chi connectivity index (χ1) is 14.2. The van der Waals surface area contributed by atoms with Crippen molar-refractivity contribution in [3.63, 3.8) is 0 Å². The van der Waals surface area contributed by atoms with Gasteiger partial charge in [-0.3, -0.25) is 25.1 Å². The number of nitrogens with one attached hydrogen (secondary N) is 2. The Morgan fingerprint density at radius 2 is 2.13 bits per heavy atom. The van der Waals surface area contributed by atoms with Crippen molar-refractivity contribution in [1.82, 2.24) is 19.9 Å². The van der Waals surface area contributed by atoms with Crippen molar-refractivity contribution < 1.29 is 32.4 Å². The van der Waals surface area contributed by atoms with Gasteiger partial charge in [0.2, 0.25) is 0 Å². The number of anilines is 1. The molecule has 0 bridgehead atoms. The Labute approximate surface area is 167 Å². The number of ether oxygens (including phenoxy) is 2. The Morgan fingerprint density at radius 1 is 1.33 bits per heavy atom. The summed E-state index contributed by atoms with van der Waals surface area (Å²) in [5, 5.41) is 10.8. The number of nitrogens with zero attached hydrogens (tertiary/aromatic N) is 4. The van der Waals surface area contributed by atoms with Gasteiger partial charge in [0.1, 0.15) is 18.6 Å². The normalized spacial score (nSPS) is 14.6. The van der Waals surface area contributed by atoms with Gasteiger partial charge in [-0.25, -0.2) is 0 Å². The number of carbonyl (C=O) groups excluding carboxylic acids is 1. The topological polar surface area (TPSA) is 124 Å². The van der Waals surface area contributed by atoms with Gasteiger partial charge in [-0.2, -0.15) is 0 Å². The Bertz CT molecular complexity index is 919. The van der Waals surface area contributed by atoms with E-state index in [0.29, 0.717) is 19.6 Å². The third-order valence-corrected chi connectivity index (χ3v) is 3.99. The van der Waals surface area contributed by atoms with Crippen LogP contribution in [-0.4, -0.2) is 57.9 Å². The number of halogens is 3. The highest BCUT2D eigenvalue weighted by Gasteiger charge is 2.31. The van der Waals surface area contributed by atoms with E-state index in [-0.39, 0.29) is 30.7 Å². The maximum absolute atomic E-state index is 12.3. The molecule has 2 heterocycles. The van der Waals surface area contributed by atoms with Crippen molar-refractivity contribution in [3.05, 3.63) is 40.6 Å². The molecule has 1 aromatic heterocycles. The SMILES string of the molecule is O=C(CN1CCOc2nc([N+](=O)[O-])cn2CC1)NNc1cccc(OC(F)(F)F)c1. The fourth-order valence-corrected chi connectivity index (χ4v) is 2.69. The summed E-state index contributed by atoms with van der Waals surface area (Å²) in [5.74, 6) is -1.18. The highest BCUT2D eigenvalue weighted by molar-refractivity contribution is 5.79. The maximum Gasteiger partial charge on any atom is 0.573 e. The predicted octanol–water partition coefficient (Wildman–Crippen LogP) is 1.53. The number of hydrazine groups is 1. The van der Waals surface area contributed by atoms with Gasteiger partial charge in [0.25, 0.3) is 5.91 Å². The first-order valence-electron chi connectivity index (χ1n) is 8.67. The van der Waals surface area contributed by atoms with Crippen molar-refractivity contribution in [3.8, 4) is 11.8 Å². The van der Waals surface area contributed by atoms with Crippen molar-refractivity contribution in [2.24, 2.45) is 0 Å². The van der Waals surface area contributed by atoms with Crippen molar-refractivity contribution >= 4 is 17.4 Å². The summed E-state index contributed by atoms with van der Waals surface area (Å²) in [6, 6.07) is 5.17. The monoisotopic (exact) mass is 430 g/mol. The van der Waals surface area contributed by atoms with Crippen LogP contribution in [0.1, 0.15) is 0 Å². The standard InChI is InChI=1S/C16H17F3N6O5/c17-16(18,19)30-12-3-1-2-11(8-12)21-22-14(26)10-23-4-5-24-9-13(25(27)28)20-15(24)29-7-6-23/h1-3,8-9,21H,4-7,10H2,(H,22,26). The molecule has 14 heteroatoms. The minimum Gasteiger partial charge on any atom is -0.444 e. The predicted molar refractivity (Wildman–Crippen MR) is 95.7 cm³/mol. The Morgan fingerprint density at radius 3 is 2.87 bits per heavy atom.